The van der Waals surface area contributed by atoms with Crippen molar-refractivity contribution in [3.05, 3.63) is 48.3 Å². The molecule has 0 fully saturated rings. The van der Waals surface area contributed by atoms with Gasteiger partial charge in [-0.2, -0.15) is 5.10 Å². The van der Waals surface area contributed by atoms with Gasteiger partial charge in [-0.25, -0.2) is 0 Å². The molecule has 0 radical (unpaired) electrons. The first-order valence-electron chi connectivity index (χ1n) is 5.13. The van der Waals surface area contributed by atoms with Crippen LogP contribution in [0.3, 0.4) is 0 Å². The Morgan fingerprint density at radius 3 is 3.00 bits per heavy atom. The molecule has 0 aliphatic carbocycles. The lowest BCUT2D eigenvalue weighted by Gasteiger charge is -2.04. The van der Waals surface area contributed by atoms with Crippen LogP contribution in [0.2, 0.25) is 0 Å². The number of benzene rings is 1. The average molecular weight is 297 g/mol. The summed E-state index contributed by atoms with van der Waals surface area (Å²) in [6.07, 6.45) is 3.79. The van der Waals surface area contributed by atoms with Crippen molar-refractivity contribution >= 4 is 27.7 Å². The first-order chi connectivity index (χ1) is 7.88. The Balaban J connectivity index is 2.04. The van der Waals surface area contributed by atoms with E-state index in [1.807, 2.05) is 34.9 Å². The van der Waals surface area contributed by atoms with Gasteiger partial charge in [0, 0.05) is 28.4 Å². The Morgan fingerprint density at radius 2 is 2.25 bits per heavy atom. The third kappa shape index (κ3) is 3.39. The summed E-state index contributed by atoms with van der Waals surface area (Å²) >= 11 is 5.31. The molecular formula is C12H13BrN2S. The lowest BCUT2D eigenvalue weighted by atomic mass is 10.2. The highest BCUT2D eigenvalue weighted by Crippen LogP contribution is 2.19. The van der Waals surface area contributed by atoms with Crippen molar-refractivity contribution in [1.29, 1.82) is 0 Å². The van der Waals surface area contributed by atoms with E-state index in [0.29, 0.717) is 0 Å². The van der Waals surface area contributed by atoms with Crippen molar-refractivity contribution in [3.8, 4) is 0 Å². The second kappa shape index (κ2) is 6.11. The molecule has 4 heteroatoms. The molecule has 0 amide bonds. The molecule has 16 heavy (non-hydrogen) atoms. The largest absolute Gasteiger partial charge is 0.268 e. The van der Waals surface area contributed by atoms with Crippen molar-refractivity contribution in [2.75, 3.05) is 11.1 Å². The normalized spacial score (nSPS) is 10.6. The van der Waals surface area contributed by atoms with Gasteiger partial charge in [-0.1, -0.05) is 28.1 Å². The molecule has 1 aromatic carbocycles. The molecule has 2 nitrogen and oxygen atoms in total. The van der Waals surface area contributed by atoms with Gasteiger partial charge in [0.25, 0.3) is 0 Å². The van der Waals surface area contributed by atoms with E-state index < -0.39 is 0 Å². The fourth-order valence-corrected chi connectivity index (χ4v) is 2.68. The van der Waals surface area contributed by atoms with E-state index in [4.69, 9.17) is 0 Å². The maximum Gasteiger partial charge on any atom is 0.0659 e. The van der Waals surface area contributed by atoms with E-state index in [2.05, 4.69) is 45.3 Å². The molecule has 84 valence electrons. The number of hydrogen-bond donors (Lipinski definition) is 0. The molecule has 0 spiro atoms. The van der Waals surface area contributed by atoms with E-state index >= 15 is 0 Å². The van der Waals surface area contributed by atoms with Gasteiger partial charge < -0.3 is 0 Å². The Labute approximate surface area is 108 Å². The van der Waals surface area contributed by atoms with Crippen molar-refractivity contribution in [1.82, 2.24) is 9.78 Å². The number of hydrogen-bond acceptors (Lipinski definition) is 2. The molecule has 0 aliphatic rings. The van der Waals surface area contributed by atoms with Crippen molar-refractivity contribution < 1.29 is 0 Å². The smallest absolute Gasteiger partial charge is 0.0659 e. The number of aromatic nitrogens is 2. The molecule has 2 aromatic rings. The van der Waals surface area contributed by atoms with Gasteiger partial charge in [-0.15, -0.1) is 11.8 Å². The average Bonchev–Trinajstić information content (AvgIpc) is 2.80. The van der Waals surface area contributed by atoms with Gasteiger partial charge in [0.1, 0.15) is 0 Å². The molecule has 2 rings (SSSR count). The summed E-state index contributed by atoms with van der Waals surface area (Å²) in [7, 11) is 0. The van der Waals surface area contributed by atoms with Gasteiger partial charge in [0.2, 0.25) is 0 Å². The van der Waals surface area contributed by atoms with Crippen LogP contribution < -0.4 is 0 Å². The lowest BCUT2D eigenvalue weighted by molar-refractivity contribution is 0.686. The zero-order valence-electron chi connectivity index (χ0n) is 8.84. The van der Waals surface area contributed by atoms with Gasteiger partial charge in [-0.05, 0) is 23.8 Å². The molecule has 1 heterocycles. The van der Waals surface area contributed by atoms with Crippen LogP contribution in [-0.4, -0.2) is 20.9 Å². The van der Waals surface area contributed by atoms with E-state index in [9.17, 15) is 0 Å². The molecule has 0 N–H and O–H groups in total. The number of halogens is 1. The van der Waals surface area contributed by atoms with Crippen LogP contribution in [0.15, 0.2) is 47.6 Å². The minimum Gasteiger partial charge on any atom is -0.268 e. The van der Waals surface area contributed by atoms with Crippen molar-refractivity contribution in [2.45, 2.75) is 11.4 Å². The SMILES string of the molecule is BrCCSc1cccc(Cn2cccn2)c1. The van der Waals surface area contributed by atoms with Crippen LogP contribution in [0.25, 0.3) is 0 Å². The summed E-state index contributed by atoms with van der Waals surface area (Å²) < 4.78 is 1.94. The fraction of sp³-hybridized carbons (Fsp3) is 0.250. The molecule has 0 aliphatic heterocycles. The molecule has 0 saturated heterocycles. The summed E-state index contributed by atoms with van der Waals surface area (Å²) in [5.41, 5.74) is 1.29. The predicted octanol–water partition coefficient (Wildman–Crippen LogP) is 3.42. The molecule has 0 bridgehead atoms. The molecule has 0 atom stereocenters. The van der Waals surface area contributed by atoms with Crippen molar-refractivity contribution in [3.63, 3.8) is 0 Å². The molecule has 0 unspecified atom stereocenters. The van der Waals surface area contributed by atoms with Crippen molar-refractivity contribution in [2.24, 2.45) is 0 Å². The van der Waals surface area contributed by atoms with Crippen LogP contribution >= 0.6 is 27.7 Å². The highest BCUT2D eigenvalue weighted by atomic mass is 79.9. The zero-order valence-corrected chi connectivity index (χ0v) is 11.2. The Hall–Kier alpha value is -0.740. The molecule has 0 saturated carbocycles. The second-order valence-corrected chi connectivity index (χ2v) is 5.35. The van der Waals surface area contributed by atoms with Gasteiger partial charge in [0.05, 0.1) is 6.54 Å². The summed E-state index contributed by atoms with van der Waals surface area (Å²) in [5.74, 6) is 1.10. The lowest BCUT2D eigenvalue weighted by Crippen LogP contribution is -1.99. The van der Waals surface area contributed by atoms with E-state index in [1.54, 1.807) is 0 Å². The molecule has 1 aromatic heterocycles. The maximum absolute atomic E-state index is 4.21. The van der Waals surface area contributed by atoms with E-state index in [-0.39, 0.29) is 0 Å². The van der Waals surface area contributed by atoms with Crippen LogP contribution in [0.5, 0.6) is 0 Å². The van der Waals surface area contributed by atoms with Crippen LogP contribution in [0.1, 0.15) is 5.56 Å². The van der Waals surface area contributed by atoms with Gasteiger partial charge >= 0.3 is 0 Å². The van der Waals surface area contributed by atoms with E-state index in [0.717, 1.165) is 17.6 Å². The van der Waals surface area contributed by atoms with E-state index in [1.165, 1.54) is 10.5 Å². The maximum atomic E-state index is 4.21. The summed E-state index contributed by atoms with van der Waals surface area (Å²) in [4.78, 5) is 1.32. The van der Waals surface area contributed by atoms with Crippen LogP contribution in [0.4, 0.5) is 0 Å². The second-order valence-electron chi connectivity index (χ2n) is 3.39. The minimum atomic E-state index is 0.843. The molecular weight excluding hydrogens is 284 g/mol. The highest BCUT2D eigenvalue weighted by molar-refractivity contribution is 9.09. The number of nitrogens with zero attached hydrogens (tertiary/aromatic N) is 2. The first-order valence-corrected chi connectivity index (χ1v) is 7.24. The van der Waals surface area contributed by atoms with Crippen LogP contribution in [-0.2, 0) is 6.54 Å². The highest BCUT2D eigenvalue weighted by Gasteiger charge is 1.98. The quantitative estimate of drug-likeness (QED) is 0.621. The Morgan fingerprint density at radius 1 is 1.31 bits per heavy atom. The topological polar surface area (TPSA) is 17.8 Å². The summed E-state index contributed by atoms with van der Waals surface area (Å²) in [6.45, 7) is 0.843. The number of thioether (sulfide) groups is 1. The van der Waals surface area contributed by atoms with Gasteiger partial charge in [0.15, 0.2) is 0 Å². The van der Waals surface area contributed by atoms with Crippen LogP contribution in [0, 0.1) is 0 Å². The Kier molecular flexibility index (Phi) is 4.48. The summed E-state index contributed by atoms with van der Waals surface area (Å²) in [5, 5.41) is 5.23. The fourth-order valence-electron chi connectivity index (χ4n) is 1.47. The third-order valence-corrected chi connectivity index (χ3v) is 4.07. The first kappa shape index (κ1) is 11.7. The number of rotatable bonds is 5. The monoisotopic (exact) mass is 296 g/mol. The predicted molar refractivity (Wildman–Crippen MR) is 72.3 cm³/mol. The van der Waals surface area contributed by atoms with Gasteiger partial charge in [-0.3, -0.25) is 4.68 Å². The summed E-state index contributed by atoms with van der Waals surface area (Å²) in [6, 6.07) is 10.6. The standard InChI is InChI=1S/C12H13BrN2S/c13-5-8-16-12-4-1-3-11(9-12)10-15-7-2-6-14-15/h1-4,6-7,9H,5,8,10H2. The number of alkyl halides is 1. The Bertz CT molecular complexity index is 428. The third-order valence-electron chi connectivity index (χ3n) is 2.15. The zero-order chi connectivity index (χ0) is 11.2. The minimum absolute atomic E-state index is 0.843.